The molecule has 0 aromatic rings. The Hall–Kier alpha value is -0.0800. The lowest BCUT2D eigenvalue weighted by atomic mass is 9.85. The number of rotatable bonds is 2. The predicted octanol–water partition coefficient (Wildman–Crippen LogP) is 1.24. The standard InChI is InChI=1S/C10H22NO/c1-11(2,3)10-6-4-5-9(7-10)8-12/h9-10,12H,4-8H2,1-3H3/q+1. The molecule has 2 nitrogen and oxygen atoms in total. The van der Waals surface area contributed by atoms with Crippen molar-refractivity contribution in [3.8, 4) is 0 Å². The molecule has 2 atom stereocenters. The number of quaternary nitrogens is 1. The molecule has 0 aromatic heterocycles. The third-order valence-corrected chi connectivity index (χ3v) is 3.11. The molecule has 0 heterocycles. The second-order valence-corrected chi connectivity index (χ2v) is 4.99. The largest absolute Gasteiger partial charge is 0.396 e. The van der Waals surface area contributed by atoms with Gasteiger partial charge in [-0.25, -0.2) is 0 Å². The Balaban J connectivity index is 2.46. The van der Waals surface area contributed by atoms with E-state index in [0.29, 0.717) is 12.5 Å². The summed E-state index contributed by atoms with van der Waals surface area (Å²) in [7, 11) is 6.76. The average molecular weight is 172 g/mol. The monoisotopic (exact) mass is 172 g/mol. The van der Waals surface area contributed by atoms with Crippen LogP contribution in [-0.2, 0) is 0 Å². The second-order valence-electron chi connectivity index (χ2n) is 4.99. The highest BCUT2D eigenvalue weighted by molar-refractivity contribution is 4.72. The Bertz CT molecular complexity index is 139. The van der Waals surface area contributed by atoms with Crippen molar-refractivity contribution in [2.75, 3.05) is 27.7 Å². The van der Waals surface area contributed by atoms with Gasteiger partial charge in [0.05, 0.1) is 27.2 Å². The number of hydrogen-bond donors (Lipinski definition) is 1. The zero-order valence-corrected chi connectivity index (χ0v) is 8.58. The Morgan fingerprint density at radius 1 is 1.25 bits per heavy atom. The highest BCUT2D eigenvalue weighted by Gasteiger charge is 2.30. The van der Waals surface area contributed by atoms with E-state index in [1.54, 1.807) is 0 Å². The van der Waals surface area contributed by atoms with Crippen LogP contribution >= 0.6 is 0 Å². The molecule has 1 aliphatic rings. The summed E-state index contributed by atoms with van der Waals surface area (Å²) in [6.45, 7) is 0.385. The molecule has 2 unspecified atom stereocenters. The van der Waals surface area contributed by atoms with Gasteiger partial charge in [-0.1, -0.05) is 0 Å². The Kier molecular flexibility index (Phi) is 3.13. The molecule has 1 aliphatic carbocycles. The zero-order valence-electron chi connectivity index (χ0n) is 8.58. The van der Waals surface area contributed by atoms with Crippen LogP contribution in [0.15, 0.2) is 0 Å². The quantitative estimate of drug-likeness (QED) is 0.621. The van der Waals surface area contributed by atoms with Crippen LogP contribution < -0.4 is 0 Å². The van der Waals surface area contributed by atoms with Crippen molar-refractivity contribution in [1.82, 2.24) is 0 Å². The molecule has 1 saturated carbocycles. The fourth-order valence-corrected chi connectivity index (χ4v) is 2.13. The molecule has 0 aromatic carbocycles. The Morgan fingerprint density at radius 3 is 2.42 bits per heavy atom. The maximum atomic E-state index is 9.07. The second kappa shape index (κ2) is 3.75. The highest BCUT2D eigenvalue weighted by atomic mass is 16.3. The molecule has 0 bridgehead atoms. The lowest BCUT2D eigenvalue weighted by Gasteiger charge is -2.39. The van der Waals surface area contributed by atoms with Gasteiger partial charge in [-0.3, -0.25) is 0 Å². The minimum atomic E-state index is 0.385. The van der Waals surface area contributed by atoms with Gasteiger partial charge in [0.25, 0.3) is 0 Å². The van der Waals surface area contributed by atoms with Crippen LogP contribution in [0.2, 0.25) is 0 Å². The maximum absolute atomic E-state index is 9.07. The van der Waals surface area contributed by atoms with E-state index in [4.69, 9.17) is 5.11 Å². The van der Waals surface area contributed by atoms with Crippen molar-refractivity contribution in [3.05, 3.63) is 0 Å². The van der Waals surface area contributed by atoms with Crippen LogP contribution in [0, 0.1) is 5.92 Å². The van der Waals surface area contributed by atoms with Gasteiger partial charge in [-0.2, -0.15) is 0 Å². The molecular formula is C10H22NO+. The van der Waals surface area contributed by atoms with Crippen LogP contribution in [0.3, 0.4) is 0 Å². The van der Waals surface area contributed by atoms with Crippen molar-refractivity contribution < 1.29 is 9.59 Å². The van der Waals surface area contributed by atoms with E-state index in [2.05, 4.69) is 21.1 Å². The van der Waals surface area contributed by atoms with E-state index in [9.17, 15) is 0 Å². The van der Waals surface area contributed by atoms with Gasteiger partial charge in [0.2, 0.25) is 0 Å². The number of nitrogens with zero attached hydrogens (tertiary/aromatic N) is 1. The zero-order chi connectivity index (χ0) is 9.19. The topological polar surface area (TPSA) is 20.2 Å². The summed E-state index contributed by atoms with van der Waals surface area (Å²) in [5.74, 6) is 0.570. The van der Waals surface area contributed by atoms with E-state index in [1.807, 2.05) is 0 Å². The van der Waals surface area contributed by atoms with Crippen LogP contribution in [0.5, 0.6) is 0 Å². The van der Waals surface area contributed by atoms with Crippen molar-refractivity contribution in [3.63, 3.8) is 0 Å². The van der Waals surface area contributed by atoms with Crippen LogP contribution in [0.25, 0.3) is 0 Å². The average Bonchev–Trinajstić information content (AvgIpc) is 2.03. The third kappa shape index (κ3) is 2.46. The Morgan fingerprint density at radius 2 is 1.92 bits per heavy atom. The summed E-state index contributed by atoms with van der Waals surface area (Å²) in [4.78, 5) is 0. The molecule has 0 amide bonds. The van der Waals surface area contributed by atoms with Gasteiger partial charge < -0.3 is 9.59 Å². The Labute approximate surface area is 75.8 Å². The van der Waals surface area contributed by atoms with Gasteiger partial charge in [0, 0.05) is 13.0 Å². The van der Waals surface area contributed by atoms with E-state index >= 15 is 0 Å². The van der Waals surface area contributed by atoms with Crippen LogP contribution in [-0.4, -0.2) is 43.4 Å². The van der Waals surface area contributed by atoms with E-state index < -0.39 is 0 Å². The minimum Gasteiger partial charge on any atom is -0.396 e. The van der Waals surface area contributed by atoms with E-state index in [1.165, 1.54) is 25.7 Å². The van der Waals surface area contributed by atoms with Gasteiger partial charge in [-0.05, 0) is 25.2 Å². The lowest BCUT2D eigenvalue weighted by Crippen LogP contribution is -2.47. The predicted molar refractivity (Wildman–Crippen MR) is 50.9 cm³/mol. The SMILES string of the molecule is C[N+](C)(C)C1CCCC(CO)C1. The maximum Gasteiger partial charge on any atom is 0.0887 e. The smallest absolute Gasteiger partial charge is 0.0887 e. The number of aliphatic hydroxyl groups is 1. The third-order valence-electron chi connectivity index (χ3n) is 3.11. The van der Waals surface area contributed by atoms with Gasteiger partial charge in [-0.15, -0.1) is 0 Å². The molecule has 0 aliphatic heterocycles. The first-order valence-corrected chi connectivity index (χ1v) is 4.96. The number of hydrogen-bond acceptors (Lipinski definition) is 1. The van der Waals surface area contributed by atoms with Gasteiger partial charge in [0.15, 0.2) is 0 Å². The first kappa shape index (κ1) is 10.0. The first-order chi connectivity index (χ1) is 5.54. The summed E-state index contributed by atoms with van der Waals surface area (Å²) < 4.78 is 1.05. The highest BCUT2D eigenvalue weighted by Crippen LogP contribution is 2.28. The molecule has 1 N–H and O–H groups in total. The normalized spacial score (nSPS) is 32.0. The summed E-state index contributed by atoms with van der Waals surface area (Å²) >= 11 is 0. The van der Waals surface area contributed by atoms with Crippen molar-refractivity contribution in [2.45, 2.75) is 31.7 Å². The molecular weight excluding hydrogens is 150 g/mol. The fourth-order valence-electron chi connectivity index (χ4n) is 2.13. The van der Waals surface area contributed by atoms with Crippen LogP contribution in [0.4, 0.5) is 0 Å². The van der Waals surface area contributed by atoms with E-state index in [0.717, 1.165) is 10.5 Å². The lowest BCUT2D eigenvalue weighted by molar-refractivity contribution is -0.898. The molecule has 12 heavy (non-hydrogen) atoms. The molecule has 0 spiro atoms. The number of aliphatic hydroxyl groups excluding tert-OH is 1. The summed E-state index contributed by atoms with van der Waals surface area (Å²) in [6.07, 6.45) is 5.07. The summed E-state index contributed by atoms with van der Waals surface area (Å²) in [5, 5.41) is 9.07. The summed E-state index contributed by atoms with van der Waals surface area (Å²) in [6, 6.07) is 0.760. The molecule has 1 fully saturated rings. The molecule has 0 radical (unpaired) electrons. The molecule has 2 heteroatoms. The first-order valence-electron chi connectivity index (χ1n) is 4.96. The van der Waals surface area contributed by atoms with Crippen molar-refractivity contribution in [1.29, 1.82) is 0 Å². The summed E-state index contributed by atoms with van der Waals surface area (Å²) in [5.41, 5.74) is 0. The van der Waals surface area contributed by atoms with Gasteiger partial charge >= 0.3 is 0 Å². The molecule has 1 rings (SSSR count). The molecule has 0 saturated heterocycles. The molecule has 72 valence electrons. The van der Waals surface area contributed by atoms with E-state index in [-0.39, 0.29) is 0 Å². The van der Waals surface area contributed by atoms with Gasteiger partial charge in [0.1, 0.15) is 0 Å². The van der Waals surface area contributed by atoms with Crippen molar-refractivity contribution in [2.24, 2.45) is 5.92 Å². The van der Waals surface area contributed by atoms with Crippen molar-refractivity contribution >= 4 is 0 Å². The fraction of sp³-hybridized carbons (Fsp3) is 1.00. The van der Waals surface area contributed by atoms with Crippen LogP contribution in [0.1, 0.15) is 25.7 Å². The minimum absolute atomic E-state index is 0.385.